The number of carbonyl (C=O) groups excluding carboxylic acids is 1. The van der Waals surface area contributed by atoms with Crippen molar-refractivity contribution in [3.8, 4) is 5.75 Å². The molecule has 0 saturated heterocycles. The number of hydrazone groups is 1. The van der Waals surface area contributed by atoms with Gasteiger partial charge in [0, 0.05) is 17.5 Å². The first-order valence-electron chi connectivity index (χ1n) is 9.82. The lowest BCUT2D eigenvalue weighted by Crippen LogP contribution is -2.13. The van der Waals surface area contributed by atoms with E-state index in [1.54, 1.807) is 0 Å². The van der Waals surface area contributed by atoms with Gasteiger partial charge in [-0.05, 0) is 69.0 Å². The van der Waals surface area contributed by atoms with Gasteiger partial charge in [-0.2, -0.15) is 5.10 Å². The highest BCUT2D eigenvalue weighted by Gasteiger charge is 2.29. The summed E-state index contributed by atoms with van der Waals surface area (Å²) < 4.78 is 11.5. The van der Waals surface area contributed by atoms with Crippen molar-refractivity contribution < 1.29 is 13.9 Å². The van der Waals surface area contributed by atoms with E-state index < -0.39 is 5.97 Å². The van der Waals surface area contributed by atoms with Crippen molar-refractivity contribution >= 4 is 17.4 Å². The molecule has 0 unspecified atom stereocenters. The number of para-hydroxylation sites is 1. The fourth-order valence-electron chi connectivity index (χ4n) is 3.76. The molecule has 1 N–H and O–H groups in total. The van der Waals surface area contributed by atoms with E-state index >= 15 is 0 Å². The number of nitrogens with zero attached hydrogens (tertiary/aromatic N) is 1. The molecule has 0 aliphatic heterocycles. The van der Waals surface area contributed by atoms with Crippen LogP contribution in [0.25, 0.3) is 0 Å². The molecule has 0 fully saturated rings. The summed E-state index contributed by atoms with van der Waals surface area (Å²) in [6.45, 7) is 5.84. The Morgan fingerprint density at radius 2 is 1.76 bits per heavy atom. The summed E-state index contributed by atoms with van der Waals surface area (Å²) in [5, 5.41) is 4.59. The molecular weight excluding hydrogens is 364 g/mol. The Bertz CT molecular complexity index is 1060. The van der Waals surface area contributed by atoms with Crippen molar-refractivity contribution in [2.24, 2.45) is 5.10 Å². The molecule has 1 aliphatic rings. The maximum atomic E-state index is 12.8. The topological polar surface area (TPSA) is 63.8 Å². The Labute approximate surface area is 170 Å². The first kappa shape index (κ1) is 19.0. The zero-order chi connectivity index (χ0) is 20.4. The van der Waals surface area contributed by atoms with Crippen molar-refractivity contribution in [3.63, 3.8) is 0 Å². The van der Waals surface area contributed by atoms with E-state index in [-0.39, 0.29) is 5.76 Å². The van der Waals surface area contributed by atoms with E-state index in [1.807, 2.05) is 69.3 Å². The number of aryl methyl sites for hydroxylation is 3. The third kappa shape index (κ3) is 4.09. The zero-order valence-electron chi connectivity index (χ0n) is 16.9. The van der Waals surface area contributed by atoms with Crippen LogP contribution >= 0.6 is 0 Å². The van der Waals surface area contributed by atoms with Gasteiger partial charge in [0.15, 0.2) is 0 Å². The van der Waals surface area contributed by atoms with Gasteiger partial charge in [0.05, 0.1) is 11.4 Å². The molecule has 1 aromatic heterocycles. The van der Waals surface area contributed by atoms with E-state index in [0.717, 1.165) is 58.7 Å². The van der Waals surface area contributed by atoms with Crippen LogP contribution in [0.5, 0.6) is 5.75 Å². The molecule has 1 aliphatic carbocycles. The van der Waals surface area contributed by atoms with Crippen LogP contribution in [0, 0.1) is 20.8 Å². The summed E-state index contributed by atoms with van der Waals surface area (Å²) in [7, 11) is 0. The van der Waals surface area contributed by atoms with Gasteiger partial charge in [0.25, 0.3) is 0 Å². The van der Waals surface area contributed by atoms with Crippen LogP contribution in [-0.4, -0.2) is 11.7 Å². The van der Waals surface area contributed by atoms with Gasteiger partial charge in [-0.25, -0.2) is 4.79 Å². The lowest BCUT2D eigenvalue weighted by molar-refractivity contribution is 0.0698. The molecule has 5 nitrogen and oxygen atoms in total. The number of carbonyl (C=O) groups is 1. The summed E-state index contributed by atoms with van der Waals surface area (Å²) in [5.41, 5.74) is 8.72. The standard InChI is InChI=1S/C24H24N2O3/c1-15-12-16(2)14-19(13-15)28-24(27)23-17(3)22-20(10-7-11-21(22)29-23)26-25-18-8-5-4-6-9-18/h4-6,8-9,12-14,25H,7,10-11H2,1-3H3/b26-20+. The molecule has 3 aromatic rings. The van der Waals surface area contributed by atoms with Crippen LogP contribution in [0.2, 0.25) is 0 Å². The Morgan fingerprint density at radius 3 is 2.48 bits per heavy atom. The first-order valence-corrected chi connectivity index (χ1v) is 9.82. The number of anilines is 1. The highest BCUT2D eigenvalue weighted by atomic mass is 16.5. The Kier molecular flexibility index (Phi) is 5.21. The molecule has 0 radical (unpaired) electrons. The van der Waals surface area contributed by atoms with Crippen molar-refractivity contribution in [1.82, 2.24) is 0 Å². The minimum atomic E-state index is -0.475. The van der Waals surface area contributed by atoms with Crippen LogP contribution in [0.3, 0.4) is 0 Å². The molecule has 2 aromatic carbocycles. The highest BCUT2D eigenvalue weighted by Crippen LogP contribution is 2.31. The lowest BCUT2D eigenvalue weighted by Gasteiger charge is -2.13. The van der Waals surface area contributed by atoms with Crippen molar-refractivity contribution in [2.45, 2.75) is 40.0 Å². The number of hydrogen-bond acceptors (Lipinski definition) is 5. The largest absolute Gasteiger partial charge is 0.453 e. The Morgan fingerprint density at radius 1 is 1.03 bits per heavy atom. The predicted molar refractivity (Wildman–Crippen MR) is 114 cm³/mol. The molecular formula is C24H24N2O3. The number of nitrogens with one attached hydrogen (secondary N) is 1. The Balaban J connectivity index is 1.61. The van der Waals surface area contributed by atoms with Gasteiger partial charge >= 0.3 is 5.97 Å². The number of ether oxygens (including phenoxy) is 1. The van der Waals surface area contributed by atoms with Crippen LogP contribution in [-0.2, 0) is 6.42 Å². The SMILES string of the molecule is Cc1cc(C)cc(OC(=O)c2oc3c(c2C)/C(=N/Nc2ccccc2)CCC3)c1. The third-order valence-corrected chi connectivity index (χ3v) is 5.01. The van der Waals surface area contributed by atoms with Crippen LogP contribution in [0.1, 0.15) is 51.4 Å². The Hall–Kier alpha value is -3.34. The average Bonchev–Trinajstić information content (AvgIpc) is 3.04. The van der Waals surface area contributed by atoms with Gasteiger partial charge in [0.1, 0.15) is 11.5 Å². The normalized spacial score (nSPS) is 14.5. The summed E-state index contributed by atoms with van der Waals surface area (Å²) in [4.78, 5) is 12.8. The van der Waals surface area contributed by atoms with Crippen molar-refractivity contribution in [3.05, 3.63) is 82.3 Å². The third-order valence-electron chi connectivity index (χ3n) is 5.01. The molecule has 148 valence electrons. The van der Waals surface area contributed by atoms with Gasteiger partial charge < -0.3 is 9.15 Å². The summed E-state index contributed by atoms with van der Waals surface area (Å²) in [6, 6.07) is 15.5. The van der Waals surface area contributed by atoms with E-state index in [4.69, 9.17) is 9.15 Å². The second-order valence-electron chi connectivity index (χ2n) is 7.46. The second kappa shape index (κ2) is 7.95. The minimum Gasteiger partial charge on any atom is -0.453 e. The summed E-state index contributed by atoms with van der Waals surface area (Å²) in [6.07, 6.45) is 2.55. The van der Waals surface area contributed by atoms with E-state index in [2.05, 4.69) is 10.5 Å². The number of fused-ring (bicyclic) bond motifs is 1. The molecule has 0 atom stereocenters. The molecule has 4 rings (SSSR count). The fraction of sp³-hybridized carbons (Fsp3) is 0.250. The molecule has 0 amide bonds. The minimum absolute atomic E-state index is 0.253. The van der Waals surface area contributed by atoms with E-state index in [1.165, 1.54) is 0 Å². The molecule has 0 bridgehead atoms. The maximum absolute atomic E-state index is 12.8. The van der Waals surface area contributed by atoms with Gasteiger partial charge in [0.2, 0.25) is 5.76 Å². The van der Waals surface area contributed by atoms with Crippen molar-refractivity contribution in [1.29, 1.82) is 0 Å². The second-order valence-corrected chi connectivity index (χ2v) is 7.46. The van der Waals surface area contributed by atoms with E-state index in [0.29, 0.717) is 5.75 Å². The summed E-state index contributed by atoms with van der Waals surface area (Å²) >= 11 is 0. The van der Waals surface area contributed by atoms with Crippen LogP contribution in [0.15, 0.2) is 58.0 Å². The van der Waals surface area contributed by atoms with Gasteiger partial charge in [-0.15, -0.1) is 0 Å². The number of furan rings is 1. The monoisotopic (exact) mass is 388 g/mol. The maximum Gasteiger partial charge on any atom is 0.379 e. The first-order chi connectivity index (χ1) is 14.0. The quantitative estimate of drug-likeness (QED) is 0.360. The predicted octanol–water partition coefficient (Wildman–Crippen LogP) is 5.58. The average molecular weight is 388 g/mol. The van der Waals surface area contributed by atoms with Crippen LogP contribution in [0.4, 0.5) is 5.69 Å². The highest BCUT2D eigenvalue weighted by molar-refractivity contribution is 6.06. The number of rotatable bonds is 4. The molecule has 0 saturated carbocycles. The smallest absolute Gasteiger partial charge is 0.379 e. The molecule has 5 heteroatoms. The molecule has 1 heterocycles. The lowest BCUT2D eigenvalue weighted by atomic mass is 9.93. The number of esters is 1. The van der Waals surface area contributed by atoms with Gasteiger partial charge in [-0.3, -0.25) is 5.43 Å². The molecule has 29 heavy (non-hydrogen) atoms. The number of benzene rings is 2. The van der Waals surface area contributed by atoms with Gasteiger partial charge in [-0.1, -0.05) is 24.3 Å². The number of hydrogen-bond donors (Lipinski definition) is 1. The van der Waals surface area contributed by atoms with Crippen LogP contribution < -0.4 is 10.2 Å². The zero-order valence-corrected chi connectivity index (χ0v) is 16.9. The van der Waals surface area contributed by atoms with E-state index in [9.17, 15) is 4.79 Å². The fourth-order valence-corrected chi connectivity index (χ4v) is 3.76. The van der Waals surface area contributed by atoms with Crippen molar-refractivity contribution in [2.75, 3.05) is 5.43 Å². The molecule has 0 spiro atoms. The summed E-state index contributed by atoms with van der Waals surface area (Å²) in [5.74, 6) is 1.11.